The molecule has 0 saturated heterocycles. The van der Waals surface area contributed by atoms with Crippen molar-refractivity contribution in [1.82, 2.24) is 14.8 Å². The molecule has 3 atom stereocenters. The standard InChI is InChI=1S/C12H18N4O3/c1-3-7-4-8(9(5-7)11(18)19)10(17)15-12-13-6-14-16(12)2/h6-9H,3-5H2,1-2H3,(H,18,19)(H,13,14,15,17). The number of amides is 1. The molecule has 1 fully saturated rings. The highest BCUT2D eigenvalue weighted by atomic mass is 16.4. The summed E-state index contributed by atoms with van der Waals surface area (Å²) in [7, 11) is 1.67. The molecule has 19 heavy (non-hydrogen) atoms. The van der Waals surface area contributed by atoms with Gasteiger partial charge < -0.3 is 5.11 Å². The molecule has 7 heteroatoms. The van der Waals surface area contributed by atoms with Crippen molar-refractivity contribution in [3.8, 4) is 0 Å². The third-order valence-electron chi connectivity index (χ3n) is 3.84. The fourth-order valence-corrected chi connectivity index (χ4v) is 2.65. The molecule has 1 aromatic rings. The molecule has 0 spiro atoms. The van der Waals surface area contributed by atoms with E-state index in [2.05, 4.69) is 15.4 Å². The number of hydrogen-bond donors (Lipinski definition) is 2. The molecule has 0 aromatic carbocycles. The van der Waals surface area contributed by atoms with E-state index in [0.29, 0.717) is 24.7 Å². The van der Waals surface area contributed by atoms with Gasteiger partial charge in [-0.3, -0.25) is 14.9 Å². The molecule has 1 amide bonds. The lowest BCUT2D eigenvalue weighted by molar-refractivity contribution is -0.145. The highest BCUT2D eigenvalue weighted by Crippen LogP contribution is 2.38. The van der Waals surface area contributed by atoms with Gasteiger partial charge in [-0.2, -0.15) is 10.1 Å². The van der Waals surface area contributed by atoms with Crippen LogP contribution < -0.4 is 5.32 Å². The van der Waals surface area contributed by atoms with Gasteiger partial charge in [-0.1, -0.05) is 13.3 Å². The Kier molecular flexibility index (Phi) is 3.82. The zero-order valence-corrected chi connectivity index (χ0v) is 11.0. The summed E-state index contributed by atoms with van der Waals surface area (Å²) in [6.07, 6.45) is 3.44. The topological polar surface area (TPSA) is 97.1 Å². The van der Waals surface area contributed by atoms with E-state index < -0.39 is 17.8 Å². The first kappa shape index (κ1) is 13.5. The number of carbonyl (C=O) groups excluding carboxylic acids is 1. The van der Waals surface area contributed by atoms with Crippen molar-refractivity contribution in [1.29, 1.82) is 0 Å². The Morgan fingerprint density at radius 3 is 2.68 bits per heavy atom. The Balaban J connectivity index is 2.09. The van der Waals surface area contributed by atoms with Crippen LogP contribution in [0.4, 0.5) is 5.95 Å². The summed E-state index contributed by atoms with van der Waals surface area (Å²) in [5.74, 6) is -1.61. The molecule has 2 N–H and O–H groups in total. The molecule has 1 saturated carbocycles. The Bertz CT molecular complexity index is 485. The first-order chi connectivity index (χ1) is 9.02. The molecular weight excluding hydrogens is 248 g/mol. The average molecular weight is 266 g/mol. The lowest BCUT2D eigenvalue weighted by Crippen LogP contribution is -2.30. The minimum Gasteiger partial charge on any atom is -0.481 e. The largest absolute Gasteiger partial charge is 0.481 e. The molecule has 1 aliphatic carbocycles. The van der Waals surface area contributed by atoms with Gasteiger partial charge in [0.15, 0.2) is 0 Å². The minimum absolute atomic E-state index is 0.278. The van der Waals surface area contributed by atoms with Gasteiger partial charge in [-0.05, 0) is 18.8 Å². The summed E-state index contributed by atoms with van der Waals surface area (Å²) in [4.78, 5) is 27.3. The molecule has 0 bridgehead atoms. The smallest absolute Gasteiger partial charge is 0.307 e. The number of aliphatic carboxylic acids is 1. The third-order valence-corrected chi connectivity index (χ3v) is 3.84. The van der Waals surface area contributed by atoms with Crippen LogP contribution in [0.25, 0.3) is 0 Å². The maximum atomic E-state index is 12.2. The van der Waals surface area contributed by atoms with Gasteiger partial charge in [0.2, 0.25) is 11.9 Å². The van der Waals surface area contributed by atoms with E-state index in [1.165, 1.54) is 11.0 Å². The van der Waals surface area contributed by atoms with Crippen molar-refractivity contribution in [2.24, 2.45) is 24.8 Å². The number of anilines is 1. The van der Waals surface area contributed by atoms with Gasteiger partial charge in [0.25, 0.3) is 0 Å². The predicted molar refractivity (Wildman–Crippen MR) is 67.3 cm³/mol. The number of aryl methyl sites for hydroxylation is 1. The van der Waals surface area contributed by atoms with Crippen molar-refractivity contribution >= 4 is 17.8 Å². The van der Waals surface area contributed by atoms with Crippen molar-refractivity contribution in [2.45, 2.75) is 26.2 Å². The van der Waals surface area contributed by atoms with Crippen molar-refractivity contribution < 1.29 is 14.7 Å². The van der Waals surface area contributed by atoms with Crippen LogP contribution in [0, 0.1) is 17.8 Å². The number of rotatable bonds is 4. The average Bonchev–Trinajstić information content (AvgIpc) is 2.96. The summed E-state index contributed by atoms with van der Waals surface area (Å²) in [6.45, 7) is 2.02. The minimum atomic E-state index is -0.894. The lowest BCUT2D eigenvalue weighted by atomic mass is 9.95. The highest BCUT2D eigenvalue weighted by molar-refractivity contribution is 5.94. The van der Waals surface area contributed by atoms with E-state index in [1.54, 1.807) is 7.05 Å². The summed E-state index contributed by atoms with van der Waals surface area (Å²) in [5.41, 5.74) is 0. The van der Waals surface area contributed by atoms with Gasteiger partial charge in [-0.15, -0.1) is 0 Å². The van der Waals surface area contributed by atoms with E-state index in [9.17, 15) is 14.7 Å². The van der Waals surface area contributed by atoms with Crippen LogP contribution in [0.3, 0.4) is 0 Å². The van der Waals surface area contributed by atoms with Crippen LogP contribution in [0.2, 0.25) is 0 Å². The molecule has 0 radical (unpaired) electrons. The van der Waals surface area contributed by atoms with E-state index >= 15 is 0 Å². The molecule has 1 aromatic heterocycles. The Labute approximate surface area is 111 Å². The van der Waals surface area contributed by atoms with Crippen LogP contribution in [-0.4, -0.2) is 31.7 Å². The number of nitrogens with zero attached hydrogens (tertiary/aromatic N) is 3. The molecular formula is C12H18N4O3. The number of carbonyl (C=O) groups is 2. The van der Waals surface area contributed by atoms with Crippen LogP contribution in [0.5, 0.6) is 0 Å². The summed E-state index contributed by atoms with van der Waals surface area (Å²) in [5, 5.41) is 15.7. The summed E-state index contributed by atoms with van der Waals surface area (Å²) in [6, 6.07) is 0. The Hall–Kier alpha value is -1.92. The van der Waals surface area contributed by atoms with E-state index in [4.69, 9.17) is 0 Å². The molecule has 0 aliphatic heterocycles. The molecule has 3 unspecified atom stereocenters. The van der Waals surface area contributed by atoms with E-state index in [-0.39, 0.29) is 5.91 Å². The van der Waals surface area contributed by atoms with Gasteiger partial charge in [0, 0.05) is 7.05 Å². The molecule has 2 rings (SSSR count). The Morgan fingerprint density at radius 2 is 2.16 bits per heavy atom. The van der Waals surface area contributed by atoms with Crippen LogP contribution in [-0.2, 0) is 16.6 Å². The zero-order valence-electron chi connectivity index (χ0n) is 11.0. The lowest BCUT2D eigenvalue weighted by Gasteiger charge is -2.14. The van der Waals surface area contributed by atoms with Gasteiger partial charge in [-0.25, -0.2) is 4.68 Å². The number of carboxylic acid groups (broad SMARTS) is 1. The monoisotopic (exact) mass is 266 g/mol. The predicted octanol–water partition coefficient (Wildman–Crippen LogP) is 0.891. The van der Waals surface area contributed by atoms with E-state index in [1.807, 2.05) is 6.92 Å². The fourth-order valence-electron chi connectivity index (χ4n) is 2.65. The van der Waals surface area contributed by atoms with Gasteiger partial charge in [0.05, 0.1) is 11.8 Å². The highest BCUT2D eigenvalue weighted by Gasteiger charge is 2.42. The fraction of sp³-hybridized carbons (Fsp3) is 0.667. The molecule has 1 aliphatic rings. The normalized spacial score (nSPS) is 26.3. The summed E-state index contributed by atoms with van der Waals surface area (Å²) < 4.78 is 1.44. The maximum absolute atomic E-state index is 12.2. The number of nitrogens with one attached hydrogen (secondary N) is 1. The first-order valence-electron chi connectivity index (χ1n) is 6.40. The van der Waals surface area contributed by atoms with Crippen molar-refractivity contribution in [3.63, 3.8) is 0 Å². The van der Waals surface area contributed by atoms with Crippen LogP contribution in [0.15, 0.2) is 6.33 Å². The number of carboxylic acids is 1. The van der Waals surface area contributed by atoms with E-state index in [0.717, 1.165) is 6.42 Å². The summed E-state index contributed by atoms with van der Waals surface area (Å²) >= 11 is 0. The van der Waals surface area contributed by atoms with Crippen LogP contribution >= 0.6 is 0 Å². The molecule has 104 valence electrons. The second kappa shape index (κ2) is 5.38. The number of aromatic nitrogens is 3. The SMILES string of the molecule is CCC1CC(C(=O)O)C(C(=O)Nc2ncnn2C)C1. The molecule has 7 nitrogen and oxygen atoms in total. The zero-order chi connectivity index (χ0) is 14.0. The van der Waals surface area contributed by atoms with Crippen LogP contribution in [0.1, 0.15) is 26.2 Å². The maximum Gasteiger partial charge on any atom is 0.307 e. The first-order valence-corrected chi connectivity index (χ1v) is 6.40. The second-order valence-electron chi connectivity index (χ2n) is 4.99. The second-order valence-corrected chi connectivity index (χ2v) is 4.99. The third kappa shape index (κ3) is 2.74. The van der Waals surface area contributed by atoms with Crippen molar-refractivity contribution in [2.75, 3.05) is 5.32 Å². The quantitative estimate of drug-likeness (QED) is 0.843. The Morgan fingerprint density at radius 1 is 1.47 bits per heavy atom. The van der Waals surface area contributed by atoms with Gasteiger partial charge in [0.1, 0.15) is 6.33 Å². The van der Waals surface area contributed by atoms with Crippen molar-refractivity contribution in [3.05, 3.63) is 6.33 Å². The number of hydrogen-bond acceptors (Lipinski definition) is 4. The molecule has 1 heterocycles. The van der Waals surface area contributed by atoms with Gasteiger partial charge >= 0.3 is 5.97 Å².